The minimum atomic E-state index is -0.598. The molecule has 0 unspecified atom stereocenters. The molecular formula is C11H11BrN2O4. The molecule has 1 amide bonds. The predicted molar refractivity (Wildman–Crippen MR) is 70.0 cm³/mol. The summed E-state index contributed by atoms with van der Waals surface area (Å²) in [6.45, 7) is 3.80. The van der Waals surface area contributed by atoms with Crippen LogP contribution in [-0.4, -0.2) is 24.5 Å². The average Bonchev–Trinajstić information content (AvgIpc) is 2.34. The largest absolute Gasteiger partial charge is 0.490 e. The summed E-state index contributed by atoms with van der Waals surface area (Å²) < 4.78 is 5.53. The van der Waals surface area contributed by atoms with Crippen molar-refractivity contribution < 1.29 is 14.5 Å². The lowest BCUT2D eigenvalue weighted by atomic mass is 10.1. The van der Waals surface area contributed by atoms with Gasteiger partial charge in [-0.3, -0.25) is 14.9 Å². The fraction of sp³-hybridized carbons (Fsp3) is 0.182. The number of para-hydroxylation sites is 1. The number of ether oxygens (including phenoxy) is 1. The number of carbonyl (C=O) groups excluding carboxylic acids is 1. The molecule has 0 aliphatic carbocycles. The van der Waals surface area contributed by atoms with E-state index in [0.717, 1.165) is 0 Å². The summed E-state index contributed by atoms with van der Waals surface area (Å²) >= 11 is 3.10. The van der Waals surface area contributed by atoms with Crippen molar-refractivity contribution in [3.8, 4) is 5.75 Å². The van der Waals surface area contributed by atoms with E-state index in [1.807, 2.05) is 0 Å². The highest BCUT2D eigenvalue weighted by Gasteiger charge is 2.22. The molecule has 0 aromatic heterocycles. The summed E-state index contributed by atoms with van der Waals surface area (Å²) in [6, 6.07) is 4.16. The number of amides is 1. The Balaban J connectivity index is 3.08. The molecule has 0 atom stereocenters. The van der Waals surface area contributed by atoms with Gasteiger partial charge < -0.3 is 10.1 Å². The molecule has 0 saturated carbocycles. The van der Waals surface area contributed by atoms with Crippen LogP contribution in [0.2, 0.25) is 0 Å². The van der Waals surface area contributed by atoms with Crippen LogP contribution >= 0.6 is 15.9 Å². The van der Waals surface area contributed by atoms with Crippen molar-refractivity contribution in [2.75, 3.05) is 13.7 Å². The molecule has 0 heterocycles. The van der Waals surface area contributed by atoms with Crippen molar-refractivity contribution in [2.45, 2.75) is 0 Å². The molecule has 0 saturated heterocycles. The number of carbonyl (C=O) groups is 1. The normalized spacial score (nSPS) is 9.67. The molecule has 0 spiro atoms. The van der Waals surface area contributed by atoms with Crippen LogP contribution in [0.5, 0.6) is 5.75 Å². The van der Waals surface area contributed by atoms with Crippen molar-refractivity contribution in [3.63, 3.8) is 0 Å². The van der Waals surface area contributed by atoms with Crippen LogP contribution in [0.3, 0.4) is 0 Å². The smallest absolute Gasteiger partial charge is 0.311 e. The van der Waals surface area contributed by atoms with Gasteiger partial charge in [-0.05, 0) is 6.07 Å². The van der Waals surface area contributed by atoms with E-state index >= 15 is 0 Å². The number of nitrogens with one attached hydrogen (secondary N) is 1. The quantitative estimate of drug-likeness (QED) is 0.667. The Labute approximate surface area is 112 Å². The lowest BCUT2D eigenvalue weighted by molar-refractivity contribution is -0.385. The molecule has 1 N–H and O–H groups in total. The monoisotopic (exact) mass is 314 g/mol. The number of rotatable bonds is 5. The van der Waals surface area contributed by atoms with Gasteiger partial charge in [0, 0.05) is 17.1 Å². The first kappa shape index (κ1) is 14.2. The number of methoxy groups -OCH3 is 1. The van der Waals surface area contributed by atoms with Crippen LogP contribution < -0.4 is 10.1 Å². The molecule has 0 aliphatic rings. The first-order valence-corrected chi connectivity index (χ1v) is 5.69. The molecule has 0 aliphatic heterocycles. The van der Waals surface area contributed by atoms with Crippen LogP contribution in [0.25, 0.3) is 0 Å². The van der Waals surface area contributed by atoms with Crippen molar-refractivity contribution in [3.05, 3.63) is 44.9 Å². The molecular weight excluding hydrogens is 304 g/mol. The fourth-order valence-corrected chi connectivity index (χ4v) is 1.47. The van der Waals surface area contributed by atoms with Crippen LogP contribution in [0.4, 0.5) is 5.69 Å². The van der Waals surface area contributed by atoms with Gasteiger partial charge in [0.1, 0.15) is 0 Å². The Bertz CT molecular complexity index is 502. The zero-order valence-corrected chi connectivity index (χ0v) is 11.2. The second-order valence-corrected chi connectivity index (χ2v) is 4.44. The number of nitro benzene ring substituents is 1. The molecule has 1 aromatic carbocycles. The van der Waals surface area contributed by atoms with Crippen molar-refractivity contribution in [1.29, 1.82) is 0 Å². The van der Waals surface area contributed by atoms with Gasteiger partial charge in [-0.15, -0.1) is 0 Å². The van der Waals surface area contributed by atoms with E-state index in [2.05, 4.69) is 27.8 Å². The lowest BCUT2D eigenvalue weighted by Crippen LogP contribution is -2.25. The van der Waals surface area contributed by atoms with Gasteiger partial charge in [0.15, 0.2) is 0 Å². The van der Waals surface area contributed by atoms with Gasteiger partial charge in [-0.25, -0.2) is 0 Å². The predicted octanol–water partition coefficient (Wildman–Crippen LogP) is 2.24. The molecule has 1 aromatic rings. The second kappa shape index (κ2) is 6.15. The van der Waals surface area contributed by atoms with Crippen molar-refractivity contribution >= 4 is 27.5 Å². The summed E-state index contributed by atoms with van der Waals surface area (Å²) in [5, 5.41) is 13.3. The maximum atomic E-state index is 11.8. The number of nitrogens with zero attached hydrogens (tertiary/aromatic N) is 1. The second-order valence-electron chi connectivity index (χ2n) is 3.31. The minimum absolute atomic E-state index is 0.0554. The number of nitro groups is 1. The fourth-order valence-electron chi connectivity index (χ4n) is 1.33. The maximum absolute atomic E-state index is 11.8. The van der Waals surface area contributed by atoms with E-state index in [4.69, 9.17) is 4.74 Å². The van der Waals surface area contributed by atoms with Crippen LogP contribution in [-0.2, 0) is 0 Å². The summed E-state index contributed by atoms with van der Waals surface area (Å²) in [6.07, 6.45) is 0. The third-order valence-electron chi connectivity index (χ3n) is 2.08. The molecule has 6 nitrogen and oxygen atoms in total. The molecule has 0 radical (unpaired) electrons. The molecule has 1 rings (SSSR count). The van der Waals surface area contributed by atoms with Crippen LogP contribution in [0, 0.1) is 10.1 Å². The average molecular weight is 315 g/mol. The molecule has 0 bridgehead atoms. The Morgan fingerprint density at radius 3 is 2.78 bits per heavy atom. The van der Waals surface area contributed by atoms with Crippen molar-refractivity contribution in [1.82, 2.24) is 5.32 Å². The van der Waals surface area contributed by atoms with Crippen LogP contribution in [0.15, 0.2) is 29.3 Å². The third kappa shape index (κ3) is 3.30. The van der Waals surface area contributed by atoms with Gasteiger partial charge in [-0.2, -0.15) is 0 Å². The highest BCUT2D eigenvalue weighted by Crippen LogP contribution is 2.30. The first-order chi connectivity index (χ1) is 8.47. The Morgan fingerprint density at radius 2 is 2.28 bits per heavy atom. The van der Waals surface area contributed by atoms with Gasteiger partial charge in [0.25, 0.3) is 5.91 Å². The van der Waals surface area contributed by atoms with Crippen molar-refractivity contribution in [2.24, 2.45) is 0 Å². The molecule has 96 valence electrons. The lowest BCUT2D eigenvalue weighted by Gasteiger charge is -2.08. The zero-order valence-electron chi connectivity index (χ0n) is 9.60. The number of halogens is 1. The van der Waals surface area contributed by atoms with Gasteiger partial charge in [-0.1, -0.05) is 28.6 Å². The SMILES string of the molecule is C=C(Br)CNC(=O)c1cccc([N+](=O)[O-])c1OC. The highest BCUT2D eigenvalue weighted by atomic mass is 79.9. The van der Waals surface area contributed by atoms with E-state index < -0.39 is 10.8 Å². The first-order valence-electron chi connectivity index (χ1n) is 4.90. The minimum Gasteiger partial charge on any atom is -0.490 e. The standard InChI is InChI=1S/C11H11BrN2O4/c1-7(12)6-13-11(15)8-4-3-5-9(14(16)17)10(8)18-2/h3-5H,1,6H2,2H3,(H,13,15). The molecule has 7 heteroatoms. The topological polar surface area (TPSA) is 81.5 Å². The highest BCUT2D eigenvalue weighted by molar-refractivity contribution is 9.11. The maximum Gasteiger partial charge on any atom is 0.311 e. The van der Waals surface area contributed by atoms with E-state index in [-0.39, 0.29) is 23.5 Å². The van der Waals surface area contributed by atoms with Gasteiger partial charge in [0.2, 0.25) is 5.75 Å². The summed E-state index contributed by atoms with van der Waals surface area (Å²) in [7, 11) is 1.28. The van der Waals surface area contributed by atoms with E-state index in [1.54, 1.807) is 0 Å². The summed E-state index contributed by atoms with van der Waals surface area (Å²) in [5.41, 5.74) is -0.136. The van der Waals surface area contributed by atoms with Gasteiger partial charge >= 0.3 is 5.69 Å². The number of hydrogen-bond acceptors (Lipinski definition) is 4. The van der Waals surface area contributed by atoms with Crippen LogP contribution in [0.1, 0.15) is 10.4 Å². The zero-order chi connectivity index (χ0) is 13.7. The number of benzene rings is 1. The van der Waals surface area contributed by atoms with E-state index in [1.165, 1.54) is 25.3 Å². The Hall–Kier alpha value is -1.89. The summed E-state index contributed by atoms with van der Waals surface area (Å²) in [4.78, 5) is 22.0. The Morgan fingerprint density at radius 1 is 1.61 bits per heavy atom. The molecule has 18 heavy (non-hydrogen) atoms. The summed E-state index contributed by atoms with van der Waals surface area (Å²) in [5.74, 6) is -0.517. The van der Waals surface area contributed by atoms with Gasteiger partial charge in [0.05, 0.1) is 17.6 Å². The van der Waals surface area contributed by atoms with E-state index in [0.29, 0.717) is 4.48 Å². The Kier molecular flexibility index (Phi) is 4.85. The third-order valence-corrected chi connectivity index (χ3v) is 2.36. The molecule has 0 fully saturated rings. The number of hydrogen-bond donors (Lipinski definition) is 1. The van der Waals surface area contributed by atoms with E-state index in [9.17, 15) is 14.9 Å².